The zero-order valence-corrected chi connectivity index (χ0v) is 11.3. The number of ether oxygens (including phenoxy) is 1. The summed E-state index contributed by atoms with van der Waals surface area (Å²) in [5, 5.41) is 13.6. The number of hydrogen-bond acceptors (Lipinski definition) is 5. The van der Waals surface area contributed by atoms with Crippen LogP contribution in [0, 0.1) is 0 Å². The van der Waals surface area contributed by atoms with Crippen LogP contribution in [0.25, 0.3) is 0 Å². The number of rotatable bonds is 1. The Bertz CT molecular complexity index is 349. The van der Waals surface area contributed by atoms with E-state index in [9.17, 15) is 9.90 Å². The summed E-state index contributed by atoms with van der Waals surface area (Å²) < 4.78 is 5.30. The normalized spacial score (nSPS) is 31.1. The highest BCUT2D eigenvalue weighted by molar-refractivity contribution is 5.68. The predicted molar refractivity (Wildman–Crippen MR) is 67.2 cm³/mol. The van der Waals surface area contributed by atoms with E-state index in [4.69, 9.17) is 10.5 Å². The molecule has 2 saturated heterocycles. The summed E-state index contributed by atoms with van der Waals surface area (Å²) in [6.07, 6.45) is 0.124. The van der Waals surface area contributed by atoms with Gasteiger partial charge in [0.25, 0.3) is 0 Å². The van der Waals surface area contributed by atoms with Crippen LogP contribution in [0.3, 0.4) is 0 Å². The molecule has 1 amide bonds. The van der Waals surface area contributed by atoms with Gasteiger partial charge in [0.2, 0.25) is 0 Å². The first kappa shape index (κ1) is 13.6. The third-order valence-corrected chi connectivity index (χ3v) is 3.71. The Hall–Kier alpha value is -0.850. The second kappa shape index (κ2) is 4.08. The maximum absolute atomic E-state index is 11.9. The van der Waals surface area contributed by atoms with Crippen LogP contribution >= 0.6 is 0 Å². The Morgan fingerprint density at radius 1 is 1.44 bits per heavy atom. The number of aliphatic hydroxyl groups is 1. The average molecular weight is 257 g/mol. The lowest BCUT2D eigenvalue weighted by molar-refractivity contribution is -0.0509. The number of likely N-dealkylation sites (tertiary alicyclic amines) is 1. The number of nitrogens with zero attached hydrogens (tertiary/aromatic N) is 1. The standard InChI is InChI=1S/C12H23N3O3/c1-10(2,3)18-9(16)15-5-4-12(17,8-15)11(13)6-14-7-11/h14,17H,4-8,13H2,1-3H3. The van der Waals surface area contributed by atoms with Gasteiger partial charge in [0.05, 0.1) is 12.1 Å². The van der Waals surface area contributed by atoms with E-state index in [1.165, 1.54) is 4.90 Å². The fraction of sp³-hybridized carbons (Fsp3) is 0.917. The first-order chi connectivity index (χ1) is 8.15. The van der Waals surface area contributed by atoms with Gasteiger partial charge in [-0.3, -0.25) is 0 Å². The molecule has 2 aliphatic rings. The van der Waals surface area contributed by atoms with Crippen molar-refractivity contribution in [3.05, 3.63) is 0 Å². The van der Waals surface area contributed by atoms with Crippen LogP contribution < -0.4 is 11.1 Å². The van der Waals surface area contributed by atoms with Gasteiger partial charge in [-0.05, 0) is 27.2 Å². The largest absolute Gasteiger partial charge is 0.444 e. The fourth-order valence-electron chi connectivity index (χ4n) is 2.41. The van der Waals surface area contributed by atoms with Crippen molar-refractivity contribution >= 4 is 6.09 Å². The number of carbonyl (C=O) groups is 1. The summed E-state index contributed by atoms with van der Waals surface area (Å²) >= 11 is 0. The number of β-amino-alcohol motifs (C(OH)–C–C–N with tert-alkyl or cyclic N) is 1. The number of carbonyl (C=O) groups excluding carboxylic acids is 1. The van der Waals surface area contributed by atoms with Crippen molar-refractivity contribution in [3.63, 3.8) is 0 Å². The molecule has 0 radical (unpaired) electrons. The van der Waals surface area contributed by atoms with Crippen molar-refractivity contribution in [2.45, 2.75) is 43.9 Å². The molecule has 2 rings (SSSR count). The lowest BCUT2D eigenvalue weighted by atomic mass is 9.75. The third kappa shape index (κ3) is 2.32. The Morgan fingerprint density at radius 2 is 2.06 bits per heavy atom. The minimum absolute atomic E-state index is 0.250. The van der Waals surface area contributed by atoms with Gasteiger partial charge >= 0.3 is 6.09 Å². The molecule has 0 aromatic carbocycles. The van der Waals surface area contributed by atoms with E-state index in [-0.39, 0.29) is 12.6 Å². The second-order valence-corrected chi connectivity index (χ2v) is 6.44. The Labute approximate surface area is 107 Å². The summed E-state index contributed by atoms with van der Waals surface area (Å²) in [5.41, 5.74) is 4.00. The molecule has 4 N–H and O–H groups in total. The lowest BCUT2D eigenvalue weighted by Gasteiger charge is -2.49. The molecule has 0 aromatic rings. The van der Waals surface area contributed by atoms with Gasteiger partial charge in [0.1, 0.15) is 11.2 Å². The summed E-state index contributed by atoms with van der Waals surface area (Å²) in [7, 11) is 0. The van der Waals surface area contributed by atoms with Crippen LogP contribution in [0.2, 0.25) is 0 Å². The minimum Gasteiger partial charge on any atom is -0.444 e. The molecule has 0 saturated carbocycles. The van der Waals surface area contributed by atoms with Gasteiger partial charge in [-0.15, -0.1) is 0 Å². The van der Waals surface area contributed by atoms with E-state index >= 15 is 0 Å². The molecular weight excluding hydrogens is 234 g/mol. The number of nitrogens with one attached hydrogen (secondary N) is 1. The van der Waals surface area contributed by atoms with E-state index in [0.717, 1.165) is 0 Å². The molecule has 104 valence electrons. The molecule has 2 heterocycles. The molecular formula is C12H23N3O3. The summed E-state index contributed by atoms with van der Waals surface area (Å²) in [5.74, 6) is 0. The SMILES string of the molecule is CC(C)(C)OC(=O)N1CCC(O)(C2(N)CNC2)C1. The Morgan fingerprint density at radius 3 is 2.50 bits per heavy atom. The van der Waals surface area contributed by atoms with Crippen LogP contribution in [-0.2, 0) is 4.74 Å². The molecule has 18 heavy (non-hydrogen) atoms. The first-order valence-corrected chi connectivity index (χ1v) is 6.35. The van der Waals surface area contributed by atoms with Crippen LogP contribution in [-0.4, -0.2) is 59.0 Å². The molecule has 6 heteroatoms. The van der Waals surface area contributed by atoms with E-state index in [1.54, 1.807) is 0 Å². The van der Waals surface area contributed by atoms with Crippen LogP contribution in [0.4, 0.5) is 4.79 Å². The molecule has 0 bridgehead atoms. The molecule has 0 aliphatic carbocycles. The zero-order valence-electron chi connectivity index (χ0n) is 11.3. The van der Waals surface area contributed by atoms with Crippen LogP contribution in [0.5, 0.6) is 0 Å². The lowest BCUT2D eigenvalue weighted by Crippen LogP contribution is -2.77. The zero-order chi connectivity index (χ0) is 13.6. The van der Waals surface area contributed by atoms with Gasteiger partial charge in [-0.25, -0.2) is 4.79 Å². The minimum atomic E-state index is -1.00. The molecule has 6 nitrogen and oxygen atoms in total. The Kier molecular flexibility index (Phi) is 3.08. The van der Waals surface area contributed by atoms with E-state index in [0.29, 0.717) is 26.1 Å². The fourth-order valence-corrected chi connectivity index (χ4v) is 2.41. The van der Waals surface area contributed by atoms with Crippen molar-refractivity contribution in [2.75, 3.05) is 26.2 Å². The maximum atomic E-state index is 11.9. The Balaban J connectivity index is 1.98. The monoisotopic (exact) mass is 257 g/mol. The highest BCUT2D eigenvalue weighted by Gasteiger charge is 2.55. The van der Waals surface area contributed by atoms with E-state index < -0.39 is 16.7 Å². The summed E-state index contributed by atoms with van der Waals surface area (Å²) in [6, 6.07) is 0. The smallest absolute Gasteiger partial charge is 0.410 e. The third-order valence-electron chi connectivity index (χ3n) is 3.71. The van der Waals surface area contributed by atoms with Gasteiger partial charge in [-0.1, -0.05) is 0 Å². The van der Waals surface area contributed by atoms with Gasteiger partial charge in [0.15, 0.2) is 0 Å². The van der Waals surface area contributed by atoms with Crippen molar-refractivity contribution < 1.29 is 14.6 Å². The summed E-state index contributed by atoms with van der Waals surface area (Å²) in [4.78, 5) is 13.5. The van der Waals surface area contributed by atoms with Crippen molar-refractivity contribution in [2.24, 2.45) is 5.73 Å². The summed E-state index contributed by atoms with van der Waals surface area (Å²) in [6.45, 7) is 7.40. The first-order valence-electron chi connectivity index (χ1n) is 6.35. The predicted octanol–water partition coefficient (Wildman–Crippen LogP) is -0.341. The van der Waals surface area contributed by atoms with Crippen LogP contribution in [0.15, 0.2) is 0 Å². The molecule has 2 aliphatic heterocycles. The number of nitrogens with two attached hydrogens (primary N) is 1. The topological polar surface area (TPSA) is 87.8 Å². The van der Waals surface area contributed by atoms with Crippen molar-refractivity contribution in [3.8, 4) is 0 Å². The molecule has 2 fully saturated rings. The van der Waals surface area contributed by atoms with Crippen molar-refractivity contribution in [1.82, 2.24) is 10.2 Å². The quantitative estimate of drug-likeness (QED) is 0.598. The van der Waals surface area contributed by atoms with E-state index in [2.05, 4.69) is 5.32 Å². The molecule has 1 atom stereocenters. The van der Waals surface area contributed by atoms with Gasteiger partial charge < -0.3 is 25.8 Å². The average Bonchev–Trinajstić information content (AvgIpc) is 2.56. The number of hydrogen-bond donors (Lipinski definition) is 3. The molecule has 1 unspecified atom stereocenters. The highest BCUT2D eigenvalue weighted by Crippen LogP contribution is 2.33. The van der Waals surface area contributed by atoms with Crippen molar-refractivity contribution in [1.29, 1.82) is 0 Å². The molecule has 0 aromatic heterocycles. The van der Waals surface area contributed by atoms with Gasteiger partial charge in [-0.2, -0.15) is 0 Å². The second-order valence-electron chi connectivity index (χ2n) is 6.44. The van der Waals surface area contributed by atoms with Gasteiger partial charge in [0, 0.05) is 19.6 Å². The maximum Gasteiger partial charge on any atom is 0.410 e. The highest BCUT2D eigenvalue weighted by atomic mass is 16.6. The number of amides is 1. The molecule has 0 spiro atoms. The van der Waals surface area contributed by atoms with E-state index in [1.807, 2.05) is 20.8 Å². The van der Waals surface area contributed by atoms with Crippen LogP contribution in [0.1, 0.15) is 27.2 Å².